The predicted molar refractivity (Wildman–Crippen MR) is 120 cm³/mol. The van der Waals surface area contributed by atoms with Gasteiger partial charge in [0.2, 0.25) is 5.91 Å². The lowest BCUT2D eigenvalue weighted by atomic mass is 10.1. The molecular weight excluding hydrogens is 444 g/mol. The minimum Gasteiger partial charge on any atom is -0.487 e. The Morgan fingerprint density at radius 1 is 1.21 bits per heavy atom. The van der Waals surface area contributed by atoms with Gasteiger partial charge in [-0.25, -0.2) is 23.7 Å². The summed E-state index contributed by atoms with van der Waals surface area (Å²) in [5, 5.41) is 2.78. The molecule has 1 aromatic carbocycles. The molecule has 0 bridgehead atoms. The molecule has 0 unspecified atom stereocenters. The van der Waals surface area contributed by atoms with Crippen LogP contribution in [0.2, 0.25) is 0 Å². The smallest absolute Gasteiger partial charge is 0.272 e. The molecule has 1 fully saturated rings. The number of ether oxygens (including phenoxy) is 1. The molecule has 3 aromatic rings. The number of hydrogen-bond acceptors (Lipinski definition) is 6. The summed E-state index contributed by atoms with van der Waals surface area (Å²) >= 11 is 0. The summed E-state index contributed by atoms with van der Waals surface area (Å²) < 4.78 is 32.6. The van der Waals surface area contributed by atoms with Gasteiger partial charge < -0.3 is 15.0 Å². The van der Waals surface area contributed by atoms with E-state index >= 15 is 0 Å². The molecule has 3 heterocycles. The molecule has 0 aliphatic carbocycles. The number of pyridine rings is 1. The normalized spacial score (nSPS) is 15.2. The van der Waals surface area contributed by atoms with Crippen LogP contribution >= 0.6 is 0 Å². The Bertz CT molecular complexity index is 1210. The number of amides is 2. The summed E-state index contributed by atoms with van der Waals surface area (Å²) in [6.07, 6.45) is 2.71. The van der Waals surface area contributed by atoms with Crippen molar-refractivity contribution < 1.29 is 23.1 Å². The number of piperidine rings is 1. The second-order valence-electron chi connectivity index (χ2n) is 8.16. The van der Waals surface area contributed by atoms with Gasteiger partial charge >= 0.3 is 0 Å². The Morgan fingerprint density at radius 3 is 2.68 bits per heavy atom. The first kappa shape index (κ1) is 23.5. The van der Waals surface area contributed by atoms with E-state index in [1.54, 1.807) is 30.2 Å². The maximum absolute atomic E-state index is 13.9. The molecule has 0 spiro atoms. The maximum Gasteiger partial charge on any atom is 0.272 e. The zero-order valence-electron chi connectivity index (χ0n) is 18.9. The second kappa shape index (κ2) is 10.1. The van der Waals surface area contributed by atoms with Crippen LogP contribution < -0.4 is 10.1 Å². The van der Waals surface area contributed by atoms with Crippen LogP contribution in [0.3, 0.4) is 0 Å². The van der Waals surface area contributed by atoms with Crippen molar-refractivity contribution in [2.24, 2.45) is 0 Å². The number of halogens is 2. The van der Waals surface area contributed by atoms with Gasteiger partial charge in [-0.2, -0.15) is 0 Å². The number of fused-ring (bicyclic) bond motifs is 1. The van der Waals surface area contributed by atoms with E-state index in [1.165, 1.54) is 6.07 Å². The Morgan fingerprint density at radius 2 is 1.97 bits per heavy atom. The SMILES string of the molecule is CC[C@H](NC(=O)c1nc2cccnc2nc1C)C(=O)N1CCC(Oc2ccc(F)cc2F)CC1. The molecule has 1 aliphatic rings. The number of carbonyl (C=O) groups excluding carboxylic acids is 2. The largest absolute Gasteiger partial charge is 0.487 e. The first-order chi connectivity index (χ1) is 16.4. The van der Waals surface area contributed by atoms with Gasteiger partial charge in [-0.05, 0) is 37.6 Å². The average molecular weight is 469 g/mol. The number of aromatic nitrogens is 3. The summed E-state index contributed by atoms with van der Waals surface area (Å²) in [6, 6.07) is 5.90. The van der Waals surface area contributed by atoms with E-state index in [2.05, 4.69) is 20.3 Å². The molecule has 1 atom stereocenters. The monoisotopic (exact) mass is 469 g/mol. The fraction of sp³-hybridized carbons (Fsp3) is 0.375. The third-order valence-electron chi connectivity index (χ3n) is 5.78. The molecule has 4 rings (SSSR count). The molecule has 34 heavy (non-hydrogen) atoms. The van der Waals surface area contributed by atoms with Gasteiger partial charge in [-0.3, -0.25) is 9.59 Å². The zero-order valence-corrected chi connectivity index (χ0v) is 18.9. The summed E-state index contributed by atoms with van der Waals surface area (Å²) in [5.41, 5.74) is 1.53. The predicted octanol–water partition coefficient (Wildman–Crippen LogP) is 3.19. The third kappa shape index (κ3) is 5.11. The standard InChI is InChI=1S/C24H25F2N5O3/c1-3-18(30-23(32)21-14(2)28-22-19(29-21)5-4-10-27-22)24(33)31-11-8-16(9-12-31)34-20-7-6-15(25)13-17(20)26/h4-7,10,13,16,18H,3,8-9,11-12H2,1-2H3,(H,30,32)/t18-/m0/s1. The average Bonchev–Trinajstić information content (AvgIpc) is 2.83. The van der Waals surface area contributed by atoms with Crippen LogP contribution in [-0.4, -0.2) is 56.9 Å². The van der Waals surface area contributed by atoms with Crippen LogP contribution in [0.5, 0.6) is 5.75 Å². The number of benzene rings is 1. The third-order valence-corrected chi connectivity index (χ3v) is 5.78. The molecule has 0 radical (unpaired) electrons. The number of nitrogens with one attached hydrogen (secondary N) is 1. The van der Waals surface area contributed by atoms with Crippen molar-refractivity contribution in [1.82, 2.24) is 25.2 Å². The maximum atomic E-state index is 13.9. The van der Waals surface area contributed by atoms with Crippen molar-refractivity contribution in [3.8, 4) is 5.75 Å². The number of hydrogen-bond donors (Lipinski definition) is 1. The van der Waals surface area contributed by atoms with Gasteiger partial charge in [-0.1, -0.05) is 6.92 Å². The molecule has 2 amide bonds. The lowest BCUT2D eigenvalue weighted by Gasteiger charge is -2.34. The van der Waals surface area contributed by atoms with E-state index in [0.29, 0.717) is 49.2 Å². The molecule has 178 valence electrons. The molecule has 0 saturated carbocycles. The first-order valence-electron chi connectivity index (χ1n) is 11.2. The Labute approximate surface area is 195 Å². The van der Waals surface area contributed by atoms with E-state index in [0.717, 1.165) is 12.1 Å². The topological polar surface area (TPSA) is 97.3 Å². The molecule has 2 aromatic heterocycles. The van der Waals surface area contributed by atoms with Crippen LogP contribution in [0.4, 0.5) is 8.78 Å². The fourth-order valence-corrected chi connectivity index (χ4v) is 3.92. The Balaban J connectivity index is 1.36. The summed E-state index contributed by atoms with van der Waals surface area (Å²) in [6.45, 7) is 4.30. The Kier molecular flexibility index (Phi) is 6.95. The minimum atomic E-state index is -0.755. The first-order valence-corrected chi connectivity index (χ1v) is 11.2. The second-order valence-corrected chi connectivity index (χ2v) is 8.16. The number of likely N-dealkylation sites (tertiary alicyclic amines) is 1. The number of aryl methyl sites for hydroxylation is 1. The van der Waals surface area contributed by atoms with Crippen molar-refractivity contribution in [2.45, 2.75) is 45.3 Å². The summed E-state index contributed by atoms with van der Waals surface area (Å²) in [5.74, 6) is -2.10. The Hall–Kier alpha value is -3.69. The van der Waals surface area contributed by atoms with Crippen molar-refractivity contribution in [1.29, 1.82) is 0 Å². The number of nitrogens with zero attached hydrogens (tertiary/aromatic N) is 4. The van der Waals surface area contributed by atoms with E-state index in [-0.39, 0.29) is 23.5 Å². The van der Waals surface area contributed by atoms with Gasteiger partial charge in [0.1, 0.15) is 29.2 Å². The molecule has 1 N–H and O–H groups in total. The van der Waals surface area contributed by atoms with Gasteiger partial charge in [0, 0.05) is 38.2 Å². The molecule has 8 nitrogen and oxygen atoms in total. The van der Waals surface area contributed by atoms with Gasteiger partial charge in [0.25, 0.3) is 5.91 Å². The lowest BCUT2D eigenvalue weighted by Crippen LogP contribution is -2.51. The fourth-order valence-electron chi connectivity index (χ4n) is 3.92. The van der Waals surface area contributed by atoms with Crippen LogP contribution in [0.1, 0.15) is 42.4 Å². The molecular formula is C24H25F2N5O3. The zero-order chi connectivity index (χ0) is 24.2. The highest BCUT2D eigenvalue weighted by Crippen LogP contribution is 2.23. The minimum absolute atomic E-state index is 0.00746. The highest BCUT2D eigenvalue weighted by Gasteiger charge is 2.30. The van der Waals surface area contributed by atoms with Crippen molar-refractivity contribution in [2.75, 3.05) is 13.1 Å². The summed E-state index contributed by atoms with van der Waals surface area (Å²) in [7, 11) is 0. The van der Waals surface area contributed by atoms with E-state index in [9.17, 15) is 18.4 Å². The van der Waals surface area contributed by atoms with E-state index < -0.39 is 23.6 Å². The van der Waals surface area contributed by atoms with Gasteiger partial charge in [0.15, 0.2) is 17.2 Å². The van der Waals surface area contributed by atoms with Crippen molar-refractivity contribution >= 4 is 23.0 Å². The molecule has 10 heteroatoms. The summed E-state index contributed by atoms with van der Waals surface area (Å²) in [4.78, 5) is 40.5. The highest BCUT2D eigenvalue weighted by atomic mass is 19.1. The van der Waals surface area contributed by atoms with Crippen LogP contribution in [0.15, 0.2) is 36.5 Å². The number of carbonyl (C=O) groups is 2. The molecule has 1 saturated heterocycles. The van der Waals surface area contributed by atoms with Gasteiger partial charge in [0.05, 0.1) is 5.69 Å². The van der Waals surface area contributed by atoms with Crippen LogP contribution in [0, 0.1) is 18.6 Å². The van der Waals surface area contributed by atoms with E-state index in [1.807, 2.05) is 6.92 Å². The number of rotatable bonds is 6. The lowest BCUT2D eigenvalue weighted by molar-refractivity contribution is -0.135. The van der Waals surface area contributed by atoms with Crippen LogP contribution in [-0.2, 0) is 4.79 Å². The molecule has 1 aliphatic heterocycles. The van der Waals surface area contributed by atoms with Gasteiger partial charge in [-0.15, -0.1) is 0 Å². The highest BCUT2D eigenvalue weighted by molar-refractivity contribution is 5.97. The van der Waals surface area contributed by atoms with E-state index in [4.69, 9.17) is 4.74 Å². The quantitative estimate of drug-likeness (QED) is 0.596. The van der Waals surface area contributed by atoms with Crippen molar-refractivity contribution in [3.05, 3.63) is 59.6 Å². The van der Waals surface area contributed by atoms with Crippen LogP contribution in [0.25, 0.3) is 11.2 Å². The van der Waals surface area contributed by atoms with Crippen molar-refractivity contribution in [3.63, 3.8) is 0 Å².